The molecule has 0 N–H and O–H groups in total. The number of hydrogen-bond acceptors (Lipinski definition) is 4. The fourth-order valence-corrected chi connectivity index (χ4v) is 2.61. The number of carbonyl (C=O) groups is 1. The van der Waals surface area contributed by atoms with Gasteiger partial charge in [-0.15, -0.1) is 0 Å². The molecule has 0 bridgehead atoms. The highest BCUT2D eigenvalue weighted by Gasteiger charge is 2.30. The Hall–Kier alpha value is -2.48. The minimum atomic E-state index is -4.39. The number of hydrogen-bond donors (Lipinski definition) is 0. The van der Waals surface area contributed by atoms with Gasteiger partial charge < -0.3 is 9.80 Å². The van der Waals surface area contributed by atoms with Crippen LogP contribution in [0.2, 0.25) is 0 Å². The van der Waals surface area contributed by atoms with Crippen LogP contribution in [0.3, 0.4) is 0 Å². The van der Waals surface area contributed by atoms with E-state index in [4.69, 9.17) is 0 Å². The van der Waals surface area contributed by atoms with Gasteiger partial charge in [-0.3, -0.25) is 9.78 Å². The van der Waals surface area contributed by atoms with Gasteiger partial charge >= 0.3 is 6.18 Å². The fourth-order valence-electron chi connectivity index (χ4n) is 2.61. The summed E-state index contributed by atoms with van der Waals surface area (Å²) < 4.78 is 37.9. The third-order valence-electron chi connectivity index (χ3n) is 4.15. The Morgan fingerprint density at radius 3 is 2.28 bits per heavy atom. The Balaban J connectivity index is 1.80. The molecule has 5 nitrogen and oxygen atoms in total. The summed E-state index contributed by atoms with van der Waals surface area (Å²) in [6, 6.07) is 4.64. The molecule has 1 aliphatic rings. The van der Waals surface area contributed by atoms with Crippen molar-refractivity contribution in [1.82, 2.24) is 19.8 Å². The number of piperazine rings is 1. The van der Waals surface area contributed by atoms with Crippen molar-refractivity contribution in [2.24, 2.45) is 0 Å². The summed E-state index contributed by atoms with van der Waals surface area (Å²) in [6.07, 6.45) is -1.57. The van der Waals surface area contributed by atoms with Gasteiger partial charge in [-0.2, -0.15) is 13.2 Å². The summed E-state index contributed by atoms with van der Waals surface area (Å²) in [5.74, 6) is -0.214. The van der Waals surface area contributed by atoms with E-state index in [-0.39, 0.29) is 11.6 Å². The van der Waals surface area contributed by atoms with E-state index in [1.807, 2.05) is 7.05 Å². The topological polar surface area (TPSA) is 49.3 Å². The largest absolute Gasteiger partial charge is 0.416 e. The highest BCUT2D eigenvalue weighted by atomic mass is 19.4. The maximum absolute atomic E-state index is 12.6. The zero-order valence-electron chi connectivity index (χ0n) is 13.6. The average Bonchev–Trinajstić information content (AvgIpc) is 2.61. The molecule has 2 aromatic rings. The van der Waals surface area contributed by atoms with E-state index in [0.717, 1.165) is 25.2 Å². The molecular formula is C17H17F3N4O. The summed E-state index contributed by atoms with van der Waals surface area (Å²) >= 11 is 0. The van der Waals surface area contributed by atoms with E-state index < -0.39 is 11.7 Å². The van der Waals surface area contributed by atoms with Crippen molar-refractivity contribution in [3.05, 3.63) is 47.9 Å². The molecule has 0 aliphatic carbocycles. The highest BCUT2D eigenvalue weighted by molar-refractivity contribution is 5.92. The minimum absolute atomic E-state index is 0.196. The Bertz CT molecular complexity index is 753. The van der Waals surface area contributed by atoms with Crippen molar-refractivity contribution in [1.29, 1.82) is 0 Å². The van der Waals surface area contributed by atoms with E-state index >= 15 is 0 Å². The van der Waals surface area contributed by atoms with Crippen LogP contribution in [0, 0.1) is 0 Å². The third-order valence-corrected chi connectivity index (χ3v) is 4.15. The van der Waals surface area contributed by atoms with Crippen LogP contribution in [-0.2, 0) is 6.18 Å². The van der Waals surface area contributed by atoms with Crippen molar-refractivity contribution < 1.29 is 18.0 Å². The van der Waals surface area contributed by atoms with Crippen LogP contribution in [-0.4, -0.2) is 58.9 Å². The normalized spacial score (nSPS) is 16.1. The summed E-state index contributed by atoms with van der Waals surface area (Å²) in [6.45, 7) is 2.80. The number of rotatable bonds is 2. The summed E-state index contributed by atoms with van der Waals surface area (Å²) in [5, 5.41) is 0. The molecule has 3 rings (SSSR count). The van der Waals surface area contributed by atoms with Gasteiger partial charge in [0.25, 0.3) is 5.91 Å². The van der Waals surface area contributed by atoms with Gasteiger partial charge in [-0.05, 0) is 19.2 Å². The Labute approximate surface area is 143 Å². The molecular weight excluding hydrogens is 333 g/mol. The van der Waals surface area contributed by atoms with Crippen molar-refractivity contribution in [2.45, 2.75) is 6.18 Å². The number of likely N-dealkylation sites (N-methyl/N-ethyl adjacent to an activating group) is 1. The quantitative estimate of drug-likeness (QED) is 0.835. The third kappa shape index (κ3) is 3.96. The lowest BCUT2D eigenvalue weighted by molar-refractivity contribution is -0.137. The van der Waals surface area contributed by atoms with E-state index in [9.17, 15) is 18.0 Å². The van der Waals surface area contributed by atoms with Crippen LogP contribution in [0.15, 0.2) is 36.7 Å². The summed E-state index contributed by atoms with van der Waals surface area (Å²) in [5.41, 5.74) is 0.318. The maximum atomic E-state index is 12.6. The lowest BCUT2D eigenvalue weighted by Gasteiger charge is -2.32. The molecule has 1 amide bonds. The van der Waals surface area contributed by atoms with Gasteiger partial charge in [-0.1, -0.05) is 12.1 Å². The van der Waals surface area contributed by atoms with Crippen molar-refractivity contribution in [2.75, 3.05) is 33.2 Å². The van der Waals surface area contributed by atoms with Crippen LogP contribution < -0.4 is 0 Å². The SMILES string of the molecule is CN1CCN(C(=O)c2cncc(-c3ccc(C(F)(F)F)cc3)n2)CC1. The molecule has 1 fully saturated rings. The zero-order chi connectivity index (χ0) is 18.0. The zero-order valence-corrected chi connectivity index (χ0v) is 13.6. The van der Waals surface area contributed by atoms with Crippen molar-refractivity contribution >= 4 is 5.91 Å². The molecule has 0 unspecified atom stereocenters. The van der Waals surface area contributed by atoms with E-state index in [1.165, 1.54) is 24.5 Å². The summed E-state index contributed by atoms with van der Waals surface area (Å²) in [7, 11) is 1.99. The van der Waals surface area contributed by atoms with Crippen molar-refractivity contribution in [3.8, 4) is 11.3 Å². The van der Waals surface area contributed by atoms with Gasteiger partial charge in [0.1, 0.15) is 5.69 Å². The number of carbonyl (C=O) groups excluding carboxylic acids is 1. The van der Waals surface area contributed by atoms with Crippen LogP contribution in [0.4, 0.5) is 13.2 Å². The molecule has 1 aliphatic heterocycles. The number of halogens is 3. The molecule has 0 atom stereocenters. The van der Waals surface area contributed by atoms with Gasteiger partial charge in [0.05, 0.1) is 23.7 Å². The average molecular weight is 350 g/mol. The van der Waals surface area contributed by atoms with Gasteiger partial charge in [0, 0.05) is 31.7 Å². The molecule has 8 heteroatoms. The molecule has 0 spiro atoms. The van der Waals surface area contributed by atoms with E-state index in [1.54, 1.807) is 4.90 Å². The maximum Gasteiger partial charge on any atom is 0.416 e. The van der Waals surface area contributed by atoms with Crippen molar-refractivity contribution in [3.63, 3.8) is 0 Å². The first-order valence-electron chi connectivity index (χ1n) is 7.82. The molecule has 2 heterocycles. The minimum Gasteiger partial charge on any atom is -0.335 e. The number of alkyl halides is 3. The van der Waals surface area contributed by atoms with Crippen LogP contribution in [0.1, 0.15) is 16.1 Å². The van der Waals surface area contributed by atoms with Crippen LogP contribution >= 0.6 is 0 Å². The Morgan fingerprint density at radius 2 is 1.68 bits per heavy atom. The number of aromatic nitrogens is 2. The van der Waals surface area contributed by atoms with E-state index in [0.29, 0.717) is 24.3 Å². The first-order valence-corrected chi connectivity index (χ1v) is 7.82. The Kier molecular flexibility index (Phi) is 4.71. The molecule has 0 saturated carbocycles. The summed E-state index contributed by atoms with van der Waals surface area (Å²) in [4.78, 5) is 24.7. The number of amides is 1. The monoisotopic (exact) mass is 350 g/mol. The van der Waals surface area contributed by atoms with Crippen LogP contribution in [0.25, 0.3) is 11.3 Å². The second-order valence-electron chi connectivity index (χ2n) is 5.96. The van der Waals surface area contributed by atoms with Gasteiger partial charge in [-0.25, -0.2) is 4.98 Å². The van der Waals surface area contributed by atoms with Gasteiger partial charge in [0.15, 0.2) is 0 Å². The lowest BCUT2D eigenvalue weighted by Crippen LogP contribution is -2.47. The first-order chi connectivity index (χ1) is 11.8. The standard InChI is InChI=1S/C17H17F3N4O/c1-23-6-8-24(9-7-23)16(25)15-11-21-10-14(22-15)12-2-4-13(5-3-12)17(18,19)20/h2-5,10-11H,6-9H2,1H3. The lowest BCUT2D eigenvalue weighted by atomic mass is 10.1. The second kappa shape index (κ2) is 6.79. The smallest absolute Gasteiger partial charge is 0.335 e. The highest BCUT2D eigenvalue weighted by Crippen LogP contribution is 2.30. The first kappa shape index (κ1) is 17.3. The molecule has 25 heavy (non-hydrogen) atoms. The molecule has 1 saturated heterocycles. The molecule has 132 valence electrons. The molecule has 0 radical (unpaired) electrons. The number of benzene rings is 1. The predicted molar refractivity (Wildman–Crippen MR) is 85.9 cm³/mol. The van der Waals surface area contributed by atoms with Crippen LogP contribution in [0.5, 0.6) is 0 Å². The predicted octanol–water partition coefficient (Wildman–Crippen LogP) is 2.55. The second-order valence-corrected chi connectivity index (χ2v) is 5.96. The number of nitrogens with zero attached hydrogens (tertiary/aromatic N) is 4. The molecule has 1 aromatic heterocycles. The van der Waals surface area contributed by atoms with E-state index in [2.05, 4.69) is 14.9 Å². The van der Waals surface area contributed by atoms with Gasteiger partial charge in [0.2, 0.25) is 0 Å². The fraction of sp³-hybridized carbons (Fsp3) is 0.353. The Morgan fingerprint density at radius 1 is 1.04 bits per heavy atom. The molecule has 1 aromatic carbocycles.